The van der Waals surface area contributed by atoms with Gasteiger partial charge in [-0.15, -0.1) is 11.8 Å². The van der Waals surface area contributed by atoms with Gasteiger partial charge in [0.2, 0.25) is 5.91 Å². The van der Waals surface area contributed by atoms with E-state index in [9.17, 15) is 4.79 Å². The van der Waals surface area contributed by atoms with Crippen LogP contribution in [0.3, 0.4) is 0 Å². The number of hydrogen-bond acceptors (Lipinski definition) is 5. The van der Waals surface area contributed by atoms with Gasteiger partial charge in [-0.2, -0.15) is 0 Å². The summed E-state index contributed by atoms with van der Waals surface area (Å²) in [6.07, 6.45) is 5.71. The normalized spacial score (nSPS) is 17.1. The van der Waals surface area contributed by atoms with Crippen molar-refractivity contribution in [1.82, 2.24) is 9.97 Å². The first-order valence-corrected chi connectivity index (χ1v) is 10.4. The number of carbonyl (C=O) groups excluding carboxylic acids is 1. The average Bonchev–Trinajstić information content (AvgIpc) is 2.73. The zero-order valence-corrected chi connectivity index (χ0v) is 16.1. The number of amides is 1. The number of benzene rings is 2. The van der Waals surface area contributed by atoms with Crippen molar-refractivity contribution in [3.8, 4) is 0 Å². The molecule has 2 heterocycles. The molecule has 0 unspecified atom stereocenters. The standard InChI is InChI=1S/C21H22N4OS/c1-27-17-8-4-7-16(12-17)23-21(26)15-6-5-11-25(14-15)20-13-22-18-9-2-3-10-19(18)24-20/h2-4,7-10,12-13,15H,5-6,11,14H2,1H3,(H,23,26)/t15-/m0/s1. The molecule has 1 aliphatic heterocycles. The monoisotopic (exact) mass is 378 g/mol. The van der Waals surface area contributed by atoms with Gasteiger partial charge in [-0.3, -0.25) is 9.78 Å². The van der Waals surface area contributed by atoms with Crippen LogP contribution in [0.5, 0.6) is 0 Å². The Labute approximate surface area is 163 Å². The predicted octanol–water partition coefficient (Wildman–Crippen LogP) is 4.21. The quantitative estimate of drug-likeness (QED) is 0.689. The second-order valence-corrected chi connectivity index (χ2v) is 7.60. The summed E-state index contributed by atoms with van der Waals surface area (Å²) in [6, 6.07) is 15.8. The van der Waals surface area contributed by atoms with Gasteiger partial charge in [-0.25, -0.2) is 4.98 Å². The summed E-state index contributed by atoms with van der Waals surface area (Å²) in [5.74, 6) is 0.868. The summed E-state index contributed by atoms with van der Waals surface area (Å²) < 4.78 is 0. The molecule has 0 aliphatic carbocycles. The van der Waals surface area contributed by atoms with Crippen molar-refractivity contribution in [1.29, 1.82) is 0 Å². The number of rotatable bonds is 4. The lowest BCUT2D eigenvalue weighted by Crippen LogP contribution is -2.41. The summed E-state index contributed by atoms with van der Waals surface area (Å²) in [5, 5.41) is 3.07. The van der Waals surface area contributed by atoms with Gasteiger partial charge in [0.25, 0.3) is 0 Å². The number of hydrogen-bond donors (Lipinski definition) is 1. The van der Waals surface area contributed by atoms with E-state index in [-0.39, 0.29) is 11.8 Å². The Morgan fingerprint density at radius 3 is 2.89 bits per heavy atom. The topological polar surface area (TPSA) is 58.1 Å². The third-order valence-electron chi connectivity index (χ3n) is 4.89. The zero-order valence-electron chi connectivity index (χ0n) is 15.3. The molecule has 27 heavy (non-hydrogen) atoms. The minimum Gasteiger partial charge on any atom is -0.355 e. The Hall–Kier alpha value is -2.60. The van der Waals surface area contributed by atoms with Gasteiger partial charge in [0, 0.05) is 23.7 Å². The van der Waals surface area contributed by atoms with Crippen molar-refractivity contribution >= 4 is 40.2 Å². The Balaban J connectivity index is 1.47. The molecule has 6 heteroatoms. The van der Waals surface area contributed by atoms with Crippen molar-refractivity contribution in [2.45, 2.75) is 17.7 Å². The molecule has 4 rings (SSSR count). The van der Waals surface area contributed by atoms with Gasteiger partial charge >= 0.3 is 0 Å². The van der Waals surface area contributed by atoms with Gasteiger partial charge in [-0.05, 0) is 49.4 Å². The van der Waals surface area contributed by atoms with Gasteiger partial charge in [0.1, 0.15) is 5.82 Å². The Morgan fingerprint density at radius 2 is 2.04 bits per heavy atom. The summed E-state index contributed by atoms with van der Waals surface area (Å²) in [4.78, 5) is 25.3. The Kier molecular flexibility index (Phi) is 5.25. The molecule has 2 aromatic carbocycles. The minimum atomic E-state index is -0.0510. The number of anilines is 2. The van der Waals surface area contributed by atoms with E-state index in [0.717, 1.165) is 46.8 Å². The first-order chi connectivity index (χ1) is 13.2. The van der Waals surface area contributed by atoms with Gasteiger partial charge in [-0.1, -0.05) is 18.2 Å². The molecule has 1 aliphatic rings. The van der Waals surface area contributed by atoms with Crippen LogP contribution in [0.1, 0.15) is 12.8 Å². The highest BCUT2D eigenvalue weighted by molar-refractivity contribution is 7.98. The molecule has 1 amide bonds. The van der Waals surface area contributed by atoms with E-state index in [0.29, 0.717) is 6.54 Å². The molecular formula is C21H22N4OS. The fraction of sp³-hybridized carbons (Fsp3) is 0.286. The van der Waals surface area contributed by atoms with Gasteiger partial charge in [0.05, 0.1) is 23.1 Å². The molecule has 1 saturated heterocycles. The second kappa shape index (κ2) is 7.96. The number of nitrogens with one attached hydrogen (secondary N) is 1. The second-order valence-electron chi connectivity index (χ2n) is 6.72. The van der Waals surface area contributed by atoms with Crippen LogP contribution >= 0.6 is 11.8 Å². The minimum absolute atomic E-state index is 0.0510. The first-order valence-electron chi connectivity index (χ1n) is 9.14. The van der Waals surface area contributed by atoms with E-state index in [1.807, 2.05) is 61.0 Å². The van der Waals surface area contributed by atoms with Crippen LogP contribution < -0.4 is 10.2 Å². The lowest BCUT2D eigenvalue weighted by Gasteiger charge is -2.32. The number of aromatic nitrogens is 2. The van der Waals surface area contributed by atoms with E-state index in [4.69, 9.17) is 4.98 Å². The highest BCUT2D eigenvalue weighted by Gasteiger charge is 2.27. The van der Waals surface area contributed by atoms with Crippen LogP contribution in [-0.2, 0) is 4.79 Å². The Bertz CT molecular complexity index is 962. The predicted molar refractivity (Wildman–Crippen MR) is 111 cm³/mol. The zero-order chi connectivity index (χ0) is 18.6. The summed E-state index contributed by atoms with van der Waals surface area (Å²) in [7, 11) is 0. The third-order valence-corrected chi connectivity index (χ3v) is 5.61. The van der Waals surface area contributed by atoms with E-state index in [2.05, 4.69) is 15.2 Å². The SMILES string of the molecule is CSc1cccc(NC(=O)[C@H]2CCCN(c3cnc4ccccc4n3)C2)c1. The maximum atomic E-state index is 12.8. The molecule has 5 nitrogen and oxygen atoms in total. The molecule has 1 aromatic heterocycles. The van der Waals surface area contributed by atoms with E-state index in [1.54, 1.807) is 11.8 Å². The van der Waals surface area contributed by atoms with Crippen LogP contribution in [0.2, 0.25) is 0 Å². The highest BCUT2D eigenvalue weighted by atomic mass is 32.2. The maximum absolute atomic E-state index is 12.8. The molecule has 0 bridgehead atoms. The van der Waals surface area contributed by atoms with Crippen LogP contribution in [-0.4, -0.2) is 35.2 Å². The lowest BCUT2D eigenvalue weighted by atomic mass is 9.97. The average molecular weight is 379 g/mol. The maximum Gasteiger partial charge on any atom is 0.229 e. The number of thioether (sulfide) groups is 1. The molecule has 138 valence electrons. The number of carbonyl (C=O) groups is 1. The van der Waals surface area contributed by atoms with Gasteiger partial charge < -0.3 is 10.2 Å². The summed E-state index contributed by atoms with van der Waals surface area (Å²) in [5.41, 5.74) is 2.63. The number of nitrogens with zero attached hydrogens (tertiary/aromatic N) is 3. The van der Waals surface area contributed by atoms with Gasteiger partial charge in [0.15, 0.2) is 0 Å². The molecular weight excluding hydrogens is 356 g/mol. The van der Waals surface area contributed by atoms with Crippen molar-refractivity contribution in [3.05, 3.63) is 54.7 Å². The first kappa shape index (κ1) is 17.8. The van der Waals surface area contributed by atoms with E-state index >= 15 is 0 Å². The number of piperidine rings is 1. The van der Waals surface area contributed by atoms with Crippen LogP contribution in [0.25, 0.3) is 11.0 Å². The van der Waals surface area contributed by atoms with Crippen molar-refractivity contribution in [2.75, 3.05) is 29.6 Å². The fourth-order valence-corrected chi connectivity index (χ4v) is 3.90. The van der Waals surface area contributed by atoms with Crippen LogP contribution in [0, 0.1) is 5.92 Å². The molecule has 1 fully saturated rings. The van der Waals surface area contributed by atoms with Crippen molar-refractivity contribution in [2.24, 2.45) is 5.92 Å². The molecule has 0 radical (unpaired) electrons. The number of fused-ring (bicyclic) bond motifs is 1. The smallest absolute Gasteiger partial charge is 0.229 e. The Morgan fingerprint density at radius 1 is 1.19 bits per heavy atom. The highest BCUT2D eigenvalue weighted by Crippen LogP contribution is 2.25. The fourth-order valence-electron chi connectivity index (χ4n) is 3.44. The van der Waals surface area contributed by atoms with E-state index in [1.165, 1.54) is 0 Å². The summed E-state index contributed by atoms with van der Waals surface area (Å²) in [6.45, 7) is 1.57. The van der Waals surface area contributed by atoms with Crippen molar-refractivity contribution in [3.63, 3.8) is 0 Å². The molecule has 0 saturated carbocycles. The molecule has 0 spiro atoms. The van der Waals surface area contributed by atoms with Crippen molar-refractivity contribution < 1.29 is 4.79 Å². The molecule has 1 atom stereocenters. The third kappa shape index (κ3) is 4.06. The molecule has 3 aromatic rings. The summed E-state index contributed by atoms with van der Waals surface area (Å²) >= 11 is 1.67. The van der Waals surface area contributed by atoms with Crippen LogP contribution in [0.4, 0.5) is 11.5 Å². The molecule has 1 N–H and O–H groups in total. The largest absolute Gasteiger partial charge is 0.355 e. The van der Waals surface area contributed by atoms with E-state index < -0.39 is 0 Å². The lowest BCUT2D eigenvalue weighted by molar-refractivity contribution is -0.120. The number of para-hydroxylation sites is 2. The van der Waals surface area contributed by atoms with Crippen LogP contribution in [0.15, 0.2) is 59.6 Å².